The Morgan fingerprint density at radius 1 is 1.44 bits per heavy atom. The maximum absolute atomic E-state index is 12.2. The molecule has 0 heterocycles. The highest BCUT2D eigenvalue weighted by Crippen LogP contribution is 2.24. The maximum Gasteiger partial charge on any atom is 0.227 e. The minimum absolute atomic E-state index is 0.00685. The number of rotatable bonds is 5. The van der Waals surface area contributed by atoms with E-state index in [2.05, 4.69) is 0 Å². The first-order valence-electron chi connectivity index (χ1n) is 6.36. The van der Waals surface area contributed by atoms with Crippen molar-refractivity contribution in [1.29, 1.82) is 0 Å². The molecule has 0 spiro atoms. The summed E-state index contributed by atoms with van der Waals surface area (Å²) >= 11 is 0. The molecular weight excluding hydrogens is 204 g/mol. The second-order valence-corrected chi connectivity index (χ2v) is 4.55. The van der Waals surface area contributed by atoms with E-state index in [9.17, 15) is 4.79 Å². The van der Waals surface area contributed by atoms with E-state index in [1.54, 1.807) is 0 Å². The molecule has 2 atom stereocenters. The Morgan fingerprint density at radius 3 is 2.69 bits per heavy atom. The van der Waals surface area contributed by atoms with Gasteiger partial charge in [-0.05, 0) is 26.2 Å². The molecule has 0 aromatic carbocycles. The van der Waals surface area contributed by atoms with Crippen molar-refractivity contribution in [3.63, 3.8) is 0 Å². The first-order valence-corrected chi connectivity index (χ1v) is 6.36. The van der Waals surface area contributed by atoms with Gasteiger partial charge in [0.25, 0.3) is 0 Å². The number of amides is 1. The lowest BCUT2D eigenvalue weighted by molar-refractivity contribution is -0.137. The molecule has 0 aromatic rings. The molecule has 2 unspecified atom stereocenters. The van der Waals surface area contributed by atoms with Crippen LogP contribution in [0.4, 0.5) is 0 Å². The third-order valence-electron chi connectivity index (χ3n) is 3.42. The van der Waals surface area contributed by atoms with Gasteiger partial charge in [-0.2, -0.15) is 0 Å². The van der Waals surface area contributed by atoms with Gasteiger partial charge in [-0.3, -0.25) is 4.79 Å². The topological polar surface area (TPSA) is 66.6 Å². The molecule has 4 nitrogen and oxygen atoms in total. The van der Waals surface area contributed by atoms with Crippen molar-refractivity contribution < 1.29 is 9.90 Å². The molecular formula is C12H24N2O2. The molecule has 0 aliphatic heterocycles. The molecule has 0 aromatic heterocycles. The molecule has 0 bridgehead atoms. The number of nitrogens with two attached hydrogens (primary N) is 1. The molecule has 3 N–H and O–H groups in total. The predicted octanol–water partition coefficient (Wildman–Crippen LogP) is 0.735. The van der Waals surface area contributed by atoms with E-state index in [1.807, 2.05) is 11.8 Å². The molecule has 1 rings (SSSR count). The smallest absolute Gasteiger partial charge is 0.227 e. The summed E-state index contributed by atoms with van der Waals surface area (Å²) < 4.78 is 0. The zero-order chi connectivity index (χ0) is 12.0. The standard InChI is InChI=1S/C12H24N2O2/c1-2-14(8-5-9-15)12(16)10-6-3-4-7-11(10)13/h10-11,15H,2-9,13H2,1H3. The highest BCUT2D eigenvalue weighted by molar-refractivity contribution is 5.79. The van der Waals surface area contributed by atoms with Crippen LogP contribution in [0.15, 0.2) is 0 Å². The number of nitrogens with zero attached hydrogens (tertiary/aromatic N) is 1. The second-order valence-electron chi connectivity index (χ2n) is 4.55. The van der Waals surface area contributed by atoms with Gasteiger partial charge >= 0.3 is 0 Å². The highest BCUT2D eigenvalue weighted by atomic mass is 16.3. The van der Waals surface area contributed by atoms with Crippen LogP contribution in [-0.4, -0.2) is 41.7 Å². The van der Waals surface area contributed by atoms with E-state index in [1.165, 1.54) is 0 Å². The average Bonchev–Trinajstić information content (AvgIpc) is 2.30. The molecule has 4 heteroatoms. The lowest BCUT2D eigenvalue weighted by atomic mass is 9.84. The van der Waals surface area contributed by atoms with Gasteiger partial charge in [0, 0.05) is 25.7 Å². The largest absolute Gasteiger partial charge is 0.396 e. The van der Waals surface area contributed by atoms with Crippen molar-refractivity contribution in [3.8, 4) is 0 Å². The van der Waals surface area contributed by atoms with Gasteiger partial charge in [0.05, 0.1) is 5.92 Å². The summed E-state index contributed by atoms with van der Waals surface area (Å²) in [5.74, 6) is 0.190. The Kier molecular flexibility index (Phi) is 5.77. The van der Waals surface area contributed by atoms with E-state index in [0.717, 1.165) is 25.7 Å². The lowest BCUT2D eigenvalue weighted by Crippen LogP contribution is -2.46. The van der Waals surface area contributed by atoms with Crippen molar-refractivity contribution >= 4 is 5.91 Å². The van der Waals surface area contributed by atoms with Gasteiger partial charge in [-0.1, -0.05) is 12.8 Å². The molecule has 1 amide bonds. The number of carbonyl (C=O) groups is 1. The van der Waals surface area contributed by atoms with Crippen LogP contribution in [0, 0.1) is 5.92 Å². The molecule has 0 saturated heterocycles. The van der Waals surface area contributed by atoms with Gasteiger partial charge < -0.3 is 15.7 Å². The van der Waals surface area contributed by atoms with Crippen LogP contribution < -0.4 is 5.73 Å². The Morgan fingerprint density at radius 2 is 2.12 bits per heavy atom. The highest BCUT2D eigenvalue weighted by Gasteiger charge is 2.30. The van der Waals surface area contributed by atoms with E-state index in [-0.39, 0.29) is 24.5 Å². The number of hydrogen-bond acceptors (Lipinski definition) is 3. The van der Waals surface area contributed by atoms with Gasteiger partial charge in [0.1, 0.15) is 0 Å². The van der Waals surface area contributed by atoms with Crippen LogP contribution in [0.1, 0.15) is 39.0 Å². The summed E-state index contributed by atoms with van der Waals surface area (Å²) in [5.41, 5.74) is 6.00. The van der Waals surface area contributed by atoms with Crippen LogP contribution in [0.5, 0.6) is 0 Å². The Hall–Kier alpha value is -0.610. The van der Waals surface area contributed by atoms with Crippen LogP contribution in [0.2, 0.25) is 0 Å². The zero-order valence-corrected chi connectivity index (χ0v) is 10.2. The normalized spacial score (nSPS) is 25.4. The summed E-state index contributed by atoms with van der Waals surface area (Å²) in [5, 5.41) is 8.79. The fourth-order valence-corrected chi connectivity index (χ4v) is 2.39. The van der Waals surface area contributed by atoms with E-state index < -0.39 is 0 Å². The predicted molar refractivity (Wildman–Crippen MR) is 63.9 cm³/mol. The maximum atomic E-state index is 12.2. The summed E-state index contributed by atoms with van der Waals surface area (Å²) in [4.78, 5) is 14.0. The first kappa shape index (κ1) is 13.5. The van der Waals surface area contributed by atoms with E-state index in [4.69, 9.17) is 10.8 Å². The average molecular weight is 228 g/mol. The number of hydrogen-bond donors (Lipinski definition) is 2. The van der Waals surface area contributed by atoms with Crippen LogP contribution in [-0.2, 0) is 4.79 Å². The van der Waals surface area contributed by atoms with Crippen molar-refractivity contribution in [3.05, 3.63) is 0 Å². The minimum Gasteiger partial charge on any atom is -0.396 e. The number of aliphatic hydroxyl groups is 1. The lowest BCUT2D eigenvalue weighted by Gasteiger charge is -2.32. The molecule has 94 valence electrons. The van der Waals surface area contributed by atoms with Crippen LogP contribution in [0.25, 0.3) is 0 Å². The van der Waals surface area contributed by atoms with Gasteiger partial charge in [0.15, 0.2) is 0 Å². The molecule has 1 aliphatic rings. The molecule has 1 saturated carbocycles. The van der Waals surface area contributed by atoms with Crippen LogP contribution in [0.3, 0.4) is 0 Å². The summed E-state index contributed by atoms with van der Waals surface area (Å²) in [6.07, 6.45) is 4.81. The van der Waals surface area contributed by atoms with E-state index in [0.29, 0.717) is 19.5 Å². The Balaban J connectivity index is 2.51. The molecule has 16 heavy (non-hydrogen) atoms. The third kappa shape index (κ3) is 3.46. The summed E-state index contributed by atoms with van der Waals surface area (Å²) in [6, 6.07) is 0.0319. The molecule has 1 fully saturated rings. The SMILES string of the molecule is CCN(CCCO)C(=O)C1CCCCC1N. The van der Waals surface area contributed by atoms with Crippen molar-refractivity contribution in [1.82, 2.24) is 4.90 Å². The van der Waals surface area contributed by atoms with Gasteiger partial charge in [-0.25, -0.2) is 0 Å². The fourth-order valence-electron chi connectivity index (χ4n) is 2.39. The van der Waals surface area contributed by atoms with E-state index >= 15 is 0 Å². The van der Waals surface area contributed by atoms with Crippen LogP contribution >= 0.6 is 0 Å². The number of aliphatic hydroxyl groups excluding tert-OH is 1. The van der Waals surface area contributed by atoms with Gasteiger partial charge in [0.2, 0.25) is 5.91 Å². The Labute approximate surface area is 97.8 Å². The summed E-state index contributed by atoms with van der Waals surface area (Å²) in [6.45, 7) is 3.47. The monoisotopic (exact) mass is 228 g/mol. The number of carbonyl (C=O) groups excluding carboxylic acids is 1. The molecule has 0 radical (unpaired) electrons. The third-order valence-corrected chi connectivity index (χ3v) is 3.42. The molecule has 1 aliphatic carbocycles. The first-order chi connectivity index (χ1) is 7.70. The second kappa shape index (κ2) is 6.86. The minimum atomic E-state index is 0.00685. The van der Waals surface area contributed by atoms with Gasteiger partial charge in [-0.15, -0.1) is 0 Å². The Bertz CT molecular complexity index is 221. The van der Waals surface area contributed by atoms with Crippen molar-refractivity contribution in [2.45, 2.75) is 45.1 Å². The quantitative estimate of drug-likeness (QED) is 0.729. The summed E-state index contributed by atoms with van der Waals surface area (Å²) in [7, 11) is 0. The van der Waals surface area contributed by atoms with Crippen molar-refractivity contribution in [2.75, 3.05) is 19.7 Å². The zero-order valence-electron chi connectivity index (χ0n) is 10.2. The van der Waals surface area contributed by atoms with Crippen molar-refractivity contribution in [2.24, 2.45) is 11.7 Å². The fraction of sp³-hybridized carbons (Fsp3) is 0.917.